The minimum absolute atomic E-state index is 0.197. The zero-order valence-electron chi connectivity index (χ0n) is 13.7. The Morgan fingerprint density at radius 1 is 1.30 bits per heavy atom. The number of hydrogen-bond donors (Lipinski definition) is 2. The number of nitrogens with one attached hydrogen (secondary N) is 1. The molecular weight excluding hydrogens is 314 g/mol. The molecule has 0 radical (unpaired) electrons. The Hall–Kier alpha value is -1.44. The topological polar surface area (TPSA) is 92.5 Å². The van der Waals surface area contributed by atoms with Gasteiger partial charge in [0.1, 0.15) is 0 Å². The van der Waals surface area contributed by atoms with E-state index >= 15 is 0 Å². The maximum atomic E-state index is 12.8. The zero-order valence-corrected chi connectivity index (χ0v) is 14.5. The molecule has 1 atom stereocenters. The Labute approximate surface area is 138 Å². The molecule has 0 aromatic heterocycles. The van der Waals surface area contributed by atoms with Crippen molar-refractivity contribution >= 4 is 21.6 Å². The molecule has 7 heteroatoms. The minimum atomic E-state index is -3.52. The predicted octanol–water partition coefficient (Wildman–Crippen LogP) is 1.85. The van der Waals surface area contributed by atoms with Crippen molar-refractivity contribution in [3.05, 3.63) is 23.8 Å². The van der Waals surface area contributed by atoms with Gasteiger partial charge in [-0.25, -0.2) is 8.42 Å². The summed E-state index contributed by atoms with van der Waals surface area (Å²) in [5, 5.41) is 2.71. The van der Waals surface area contributed by atoms with Crippen LogP contribution in [0, 0.1) is 6.92 Å². The number of piperidine rings is 1. The van der Waals surface area contributed by atoms with Gasteiger partial charge in [0.15, 0.2) is 0 Å². The molecule has 6 nitrogen and oxygen atoms in total. The Morgan fingerprint density at radius 3 is 2.57 bits per heavy atom. The summed E-state index contributed by atoms with van der Waals surface area (Å²) in [6, 6.07) is 4.73. The average Bonchev–Trinajstić information content (AvgIpc) is 2.49. The van der Waals surface area contributed by atoms with Gasteiger partial charge >= 0.3 is 0 Å². The molecule has 0 spiro atoms. The summed E-state index contributed by atoms with van der Waals surface area (Å²) in [5.41, 5.74) is 6.77. The van der Waals surface area contributed by atoms with Crippen molar-refractivity contribution in [2.45, 2.75) is 50.5 Å². The van der Waals surface area contributed by atoms with Gasteiger partial charge in [-0.1, -0.05) is 12.5 Å². The lowest BCUT2D eigenvalue weighted by molar-refractivity contribution is -0.116. The number of nitrogens with two attached hydrogens (primary N) is 1. The molecule has 1 amide bonds. The van der Waals surface area contributed by atoms with Gasteiger partial charge < -0.3 is 11.1 Å². The first-order chi connectivity index (χ1) is 10.8. The fraction of sp³-hybridized carbons (Fsp3) is 0.562. The molecular formula is C16H25N3O3S. The molecule has 1 aliphatic heterocycles. The highest BCUT2D eigenvalue weighted by atomic mass is 32.2. The number of amides is 1. The van der Waals surface area contributed by atoms with E-state index in [1.165, 1.54) is 4.31 Å². The number of rotatable bonds is 5. The first-order valence-corrected chi connectivity index (χ1v) is 9.41. The van der Waals surface area contributed by atoms with Crippen molar-refractivity contribution in [2.75, 3.05) is 18.4 Å². The van der Waals surface area contributed by atoms with Crippen LogP contribution >= 0.6 is 0 Å². The highest BCUT2D eigenvalue weighted by Gasteiger charge is 2.27. The summed E-state index contributed by atoms with van der Waals surface area (Å²) in [5.74, 6) is -0.217. The fourth-order valence-electron chi connectivity index (χ4n) is 2.70. The third kappa shape index (κ3) is 4.53. The van der Waals surface area contributed by atoms with Gasteiger partial charge in [0.2, 0.25) is 15.9 Å². The third-order valence-corrected chi connectivity index (χ3v) is 5.95. The van der Waals surface area contributed by atoms with E-state index in [4.69, 9.17) is 5.73 Å². The third-order valence-electron chi connectivity index (χ3n) is 3.91. The summed E-state index contributed by atoms with van der Waals surface area (Å²) >= 11 is 0. The molecule has 1 saturated heterocycles. The average molecular weight is 339 g/mol. The molecule has 2 rings (SSSR count). The summed E-state index contributed by atoms with van der Waals surface area (Å²) in [6.45, 7) is 4.64. The van der Waals surface area contributed by atoms with Crippen LogP contribution in [0.25, 0.3) is 0 Å². The van der Waals surface area contributed by atoms with Gasteiger partial charge in [0.05, 0.1) is 4.90 Å². The van der Waals surface area contributed by atoms with Crippen LogP contribution in [0.3, 0.4) is 0 Å². The lowest BCUT2D eigenvalue weighted by Crippen LogP contribution is -2.36. The van der Waals surface area contributed by atoms with Crippen LogP contribution in [-0.2, 0) is 14.8 Å². The standard InChI is InChI=1S/C16H25N3O3S/c1-12-6-7-14(18-16(20)10-13(2)17)11-15(12)23(21,22)19-8-4-3-5-9-19/h6-7,11,13H,3-5,8-10,17H2,1-2H3,(H,18,20). The number of carbonyl (C=O) groups is 1. The first kappa shape index (κ1) is 17.9. The number of benzene rings is 1. The highest BCUT2D eigenvalue weighted by molar-refractivity contribution is 7.89. The second kappa shape index (κ2) is 7.42. The van der Waals surface area contributed by atoms with E-state index in [0.29, 0.717) is 24.3 Å². The van der Waals surface area contributed by atoms with Gasteiger partial charge in [-0.15, -0.1) is 0 Å². The molecule has 1 heterocycles. The summed E-state index contributed by atoms with van der Waals surface area (Å²) < 4.78 is 27.2. The molecule has 0 saturated carbocycles. The van der Waals surface area contributed by atoms with Crippen molar-refractivity contribution in [1.29, 1.82) is 0 Å². The summed E-state index contributed by atoms with van der Waals surface area (Å²) in [7, 11) is -3.52. The number of sulfonamides is 1. The maximum Gasteiger partial charge on any atom is 0.243 e. The number of carbonyl (C=O) groups excluding carboxylic acids is 1. The lowest BCUT2D eigenvalue weighted by atomic mass is 10.2. The van der Waals surface area contributed by atoms with E-state index in [9.17, 15) is 13.2 Å². The number of anilines is 1. The van der Waals surface area contributed by atoms with Crippen LogP contribution < -0.4 is 11.1 Å². The second-order valence-electron chi connectivity index (χ2n) is 6.17. The molecule has 0 aliphatic carbocycles. The molecule has 1 aromatic rings. The Balaban J connectivity index is 2.24. The van der Waals surface area contributed by atoms with Crippen LogP contribution in [0.1, 0.15) is 38.2 Å². The number of hydrogen-bond acceptors (Lipinski definition) is 4. The fourth-order valence-corrected chi connectivity index (χ4v) is 4.47. The summed E-state index contributed by atoms with van der Waals surface area (Å²) in [4.78, 5) is 12.1. The van der Waals surface area contributed by atoms with E-state index in [2.05, 4.69) is 5.32 Å². The van der Waals surface area contributed by atoms with Crippen molar-refractivity contribution in [1.82, 2.24) is 4.31 Å². The van der Waals surface area contributed by atoms with E-state index in [0.717, 1.165) is 19.3 Å². The van der Waals surface area contributed by atoms with Crippen LogP contribution in [0.2, 0.25) is 0 Å². The monoisotopic (exact) mass is 339 g/mol. The van der Waals surface area contributed by atoms with E-state index in [-0.39, 0.29) is 23.3 Å². The second-order valence-corrected chi connectivity index (χ2v) is 8.08. The molecule has 1 unspecified atom stereocenters. The first-order valence-electron chi connectivity index (χ1n) is 7.97. The zero-order chi connectivity index (χ0) is 17.0. The van der Waals surface area contributed by atoms with Gasteiger partial charge in [-0.05, 0) is 44.4 Å². The SMILES string of the molecule is Cc1ccc(NC(=O)CC(C)N)cc1S(=O)(=O)N1CCCCC1. The highest BCUT2D eigenvalue weighted by Crippen LogP contribution is 2.26. The largest absolute Gasteiger partial charge is 0.327 e. The molecule has 23 heavy (non-hydrogen) atoms. The smallest absolute Gasteiger partial charge is 0.243 e. The minimum Gasteiger partial charge on any atom is -0.327 e. The van der Waals surface area contributed by atoms with Crippen LogP contribution in [0.5, 0.6) is 0 Å². The molecule has 3 N–H and O–H groups in total. The Bertz CT molecular complexity index is 665. The Morgan fingerprint density at radius 2 is 1.96 bits per heavy atom. The molecule has 1 aliphatic rings. The van der Waals surface area contributed by atoms with Gasteiger partial charge in [0.25, 0.3) is 0 Å². The molecule has 1 aromatic carbocycles. The van der Waals surface area contributed by atoms with Crippen molar-refractivity contribution < 1.29 is 13.2 Å². The van der Waals surface area contributed by atoms with Gasteiger partial charge in [-0.2, -0.15) is 4.31 Å². The predicted molar refractivity (Wildman–Crippen MR) is 90.7 cm³/mol. The molecule has 128 valence electrons. The normalized spacial score (nSPS) is 17.7. The van der Waals surface area contributed by atoms with Crippen LogP contribution in [0.4, 0.5) is 5.69 Å². The molecule has 1 fully saturated rings. The van der Waals surface area contributed by atoms with Crippen molar-refractivity contribution in [3.63, 3.8) is 0 Å². The summed E-state index contributed by atoms with van der Waals surface area (Å²) in [6.07, 6.45) is 3.05. The maximum absolute atomic E-state index is 12.8. The van der Waals surface area contributed by atoms with Crippen LogP contribution in [0.15, 0.2) is 23.1 Å². The van der Waals surface area contributed by atoms with Gasteiger partial charge in [0, 0.05) is 31.2 Å². The number of aryl methyl sites for hydroxylation is 1. The Kier molecular flexibility index (Phi) is 5.78. The van der Waals surface area contributed by atoms with Gasteiger partial charge in [-0.3, -0.25) is 4.79 Å². The van der Waals surface area contributed by atoms with Crippen molar-refractivity contribution in [3.8, 4) is 0 Å². The lowest BCUT2D eigenvalue weighted by Gasteiger charge is -2.26. The van der Waals surface area contributed by atoms with E-state index in [1.54, 1.807) is 32.0 Å². The van der Waals surface area contributed by atoms with E-state index < -0.39 is 10.0 Å². The quantitative estimate of drug-likeness (QED) is 0.856. The van der Waals surface area contributed by atoms with E-state index in [1.807, 2.05) is 0 Å². The van der Waals surface area contributed by atoms with Crippen LogP contribution in [-0.4, -0.2) is 37.8 Å². The van der Waals surface area contributed by atoms with Crippen molar-refractivity contribution in [2.24, 2.45) is 5.73 Å². The number of nitrogens with zero attached hydrogens (tertiary/aromatic N) is 1. The molecule has 0 bridgehead atoms.